The Morgan fingerprint density at radius 3 is 2.61 bits per heavy atom. The van der Waals surface area contributed by atoms with Crippen molar-refractivity contribution in [3.8, 4) is 5.75 Å². The molecule has 0 radical (unpaired) electrons. The number of nitrogens with one attached hydrogen (secondary N) is 1. The van der Waals surface area contributed by atoms with Crippen molar-refractivity contribution >= 4 is 17.6 Å². The molecule has 8 heteroatoms. The Hall–Kier alpha value is -2.64. The predicted molar refractivity (Wildman–Crippen MR) is 82.7 cm³/mol. The van der Waals surface area contributed by atoms with Crippen molar-refractivity contribution in [1.82, 2.24) is 5.32 Å². The monoisotopic (exact) mass is 324 g/mol. The molecule has 8 nitrogen and oxygen atoms in total. The molecule has 126 valence electrons. The Balaban J connectivity index is 3.14. The van der Waals surface area contributed by atoms with Gasteiger partial charge in [0.25, 0.3) is 11.6 Å². The average molecular weight is 324 g/mol. The zero-order chi connectivity index (χ0) is 17.4. The molecule has 2 N–H and O–H groups in total. The van der Waals surface area contributed by atoms with Crippen LogP contribution in [0.4, 0.5) is 5.69 Å². The van der Waals surface area contributed by atoms with E-state index >= 15 is 0 Å². The molecule has 0 aliphatic heterocycles. The Morgan fingerprint density at radius 2 is 2.09 bits per heavy atom. The molecule has 1 amide bonds. The number of carbonyl (C=O) groups is 2. The largest absolute Gasteiger partial charge is 0.493 e. The first kappa shape index (κ1) is 18.4. The van der Waals surface area contributed by atoms with Crippen molar-refractivity contribution in [1.29, 1.82) is 0 Å². The van der Waals surface area contributed by atoms with Gasteiger partial charge in [-0.2, -0.15) is 0 Å². The number of amides is 1. The summed E-state index contributed by atoms with van der Waals surface area (Å²) in [6.45, 7) is 3.80. The zero-order valence-corrected chi connectivity index (χ0v) is 13.1. The fourth-order valence-electron chi connectivity index (χ4n) is 2.07. The van der Waals surface area contributed by atoms with Crippen molar-refractivity contribution in [3.63, 3.8) is 0 Å². The first-order valence-electron chi connectivity index (χ1n) is 7.36. The summed E-state index contributed by atoms with van der Waals surface area (Å²) in [5.74, 6) is -1.95. The quantitative estimate of drug-likeness (QED) is 0.531. The smallest absolute Gasteiger partial charge is 0.326 e. The van der Waals surface area contributed by atoms with E-state index in [4.69, 9.17) is 9.84 Å². The van der Waals surface area contributed by atoms with E-state index in [9.17, 15) is 19.7 Å². The van der Waals surface area contributed by atoms with Gasteiger partial charge < -0.3 is 15.2 Å². The maximum Gasteiger partial charge on any atom is 0.326 e. The Kier molecular flexibility index (Phi) is 6.98. The number of hydrogen-bond acceptors (Lipinski definition) is 5. The van der Waals surface area contributed by atoms with E-state index in [1.807, 2.05) is 6.92 Å². The molecule has 23 heavy (non-hydrogen) atoms. The summed E-state index contributed by atoms with van der Waals surface area (Å²) >= 11 is 0. The molecule has 0 fully saturated rings. The van der Waals surface area contributed by atoms with Crippen molar-refractivity contribution < 1.29 is 24.4 Å². The standard InChI is InChI=1S/C15H20N2O6/c1-3-5-7-10(15(19)20)16-14(18)13-11(17(21)22)8-6-9-12(13)23-4-2/h6,8-10H,3-5,7H2,1-2H3,(H,16,18)(H,19,20)/t10-/m0/s1. The Labute approximate surface area is 133 Å². The van der Waals surface area contributed by atoms with E-state index in [2.05, 4.69) is 5.32 Å². The molecule has 0 bridgehead atoms. The molecule has 0 spiro atoms. The fourth-order valence-corrected chi connectivity index (χ4v) is 2.07. The molecule has 0 saturated heterocycles. The van der Waals surface area contributed by atoms with Crippen LogP contribution in [0.2, 0.25) is 0 Å². The maximum atomic E-state index is 12.4. The van der Waals surface area contributed by atoms with Gasteiger partial charge in [-0.05, 0) is 19.4 Å². The van der Waals surface area contributed by atoms with Gasteiger partial charge in [0.1, 0.15) is 11.8 Å². The number of hydrogen-bond donors (Lipinski definition) is 2. The van der Waals surface area contributed by atoms with Crippen LogP contribution in [0.25, 0.3) is 0 Å². The third-order valence-electron chi connectivity index (χ3n) is 3.18. The number of ether oxygens (including phenoxy) is 1. The number of aliphatic carboxylic acids is 1. The van der Waals surface area contributed by atoms with E-state index in [0.717, 1.165) is 6.42 Å². The number of carboxylic acid groups (broad SMARTS) is 1. The molecule has 0 aromatic heterocycles. The van der Waals surface area contributed by atoms with E-state index in [0.29, 0.717) is 6.42 Å². The third-order valence-corrected chi connectivity index (χ3v) is 3.18. The molecular weight excluding hydrogens is 304 g/mol. The summed E-state index contributed by atoms with van der Waals surface area (Å²) < 4.78 is 5.26. The van der Waals surface area contributed by atoms with Gasteiger partial charge in [-0.1, -0.05) is 25.8 Å². The van der Waals surface area contributed by atoms with Gasteiger partial charge in [0.15, 0.2) is 5.56 Å². The number of nitro groups is 1. The second-order valence-corrected chi connectivity index (χ2v) is 4.85. The summed E-state index contributed by atoms with van der Waals surface area (Å²) in [5.41, 5.74) is -0.685. The minimum absolute atomic E-state index is 0.0545. The maximum absolute atomic E-state index is 12.4. The molecule has 0 unspecified atom stereocenters. The molecule has 1 rings (SSSR count). The van der Waals surface area contributed by atoms with Crippen LogP contribution in [-0.2, 0) is 4.79 Å². The Bertz CT molecular complexity index is 587. The molecule has 0 aliphatic rings. The summed E-state index contributed by atoms with van der Waals surface area (Å²) in [7, 11) is 0. The number of carbonyl (C=O) groups excluding carboxylic acids is 1. The van der Waals surface area contributed by atoms with Crippen molar-refractivity contribution in [3.05, 3.63) is 33.9 Å². The summed E-state index contributed by atoms with van der Waals surface area (Å²) in [4.78, 5) is 34.0. The molecule has 0 saturated carbocycles. The summed E-state index contributed by atoms with van der Waals surface area (Å²) in [6.07, 6.45) is 1.64. The average Bonchev–Trinajstić information content (AvgIpc) is 2.50. The number of nitro benzene ring substituents is 1. The van der Waals surface area contributed by atoms with Crippen LogP contribution in [-0.4, -0.2) is 34.6 Å². The highest BCUT2D eigenvalue weighted by Gasteiger charge is 2.28. The highest BCUT2D eigenvalue weighted by Crippen LogP contribution is 2.28. The number of unbranched alkanes of at least 4 members (excludes halogenated alkanes) is 1. The lowest BCUT2D eigenvalue weighted by Gasteiger charge is -2.16. The van der Waals surface area contributed by atoms with Crippen LogP contribution < -0.4 is 10.1 Å². The van der Waals surface area contributed by atoms with Gasteiger partial charge >= 0.3 is 5.97 Å². The van der Waals surface area contributed by atoms with Gasteiger partial charge in [-0.25, -0.2) is 4.79 Å². The number of carboxylic acids is 1. The molecule has 0 aliphatic carbocycles. The van der Waals surface area contributed by atoms with Gasteiger partial charge in [0, 0.05) is 6.07 Å². The summed E-state index contributed by atoms with van der Waals surface area (Å²) in [5, 5.41) is 22.6. The van der Waals surface area contributed by atoms with Gasteiger partial charge in [0.2, 0.25) is 0 Å². The number of rotatable bonds is 9. The lowest BCUT2D eigenvalue weighted by Crippen LogP contribution is -2.41. The van der Waals surface area contributed by atoms with Crippen LogP contribution in [0.15, 0.2) is 18.2 Å². The van der Waals surface area contributed by atoms with Crippen LogP contribution >= 0.6 is 0 Å². The minimum atomic E-state index is -1.18. The van der Waals surface area contributed by atoms with Gasteiger partial charge in [-0.15, -0.1) is 0 Å². The van der Waals surface area contributed by atoms with Crippen molar-refractivity contribution in [2.75, 3.05) is 6.61 Å². The van der Waals surface area contributed by atoms with E-state index in [1.54, 1.807) is 6.92 Å². The molecule has 0 heterocycles. The zero-order valence-electron chi connectivity index (χ0n) is 13.1. The molecule has 1 aromatic carbocycles. The van der Waals surface area contributed by atoms with Crippen LogP contribution in [0.3, 0.4) is 0 Å². The fraction of sp³-hybridized carbons (Fsp3) is 0.467. The lowest BCUT2D eigenvalue weighted by atomic mass is 10.1. The van der Waals surface area contributed by atoms with E-state index in [1.165, 1.54) is 18.2 Å². The number of benzene rings is 1. The van der Waals surface area contributed by atoms with Gasteiger partial charge in [0.05, 0.1) is 11.5 Å². The summed E-state index contributed by atoms with van der Waals surface area (Å²) in [6, 6.07) is 2.93. The van der Waals surface area contributed by atoms with Gasteiger partial charge in [-0.3, -0.25) is 14.9 Å². The van der Waals surface area contributed by atoms with Crippen molar-refractivity contribution in [2.45, 2.75) is 39.2 Å². The number of nitrogens with zero attached hydrogens (tertiary/aromatic N) is 1. The van der Waals surface area contributed by atoms with Crippen LogP contribution in [0.1, 0.15) is 43.5 Å². The van der Waals surface area contributed by atoms with Crippen molar-refractivity contribution in [2.24, 2.45) is 0 Å². The Morgan fingerprint density at radius 1 is 1.39 bits per heavy atom. The first-order chi connectivity index (χ1) is 10.9. The van der Waals surface area contributed by atoms with Crippen LogP contribution in [0.5, 0.6) is 5.75 Å². The lowest BCUT2D eigenvalue weighted by molar-refractivity contribution is -0.385. The normalized spacial score (nSPS) is 11.6. The topological polar surface area (TPSA) is 119 Å². The van der Waals surface area contributed by atoms with E-state index < -0.39 is 28.5 Å². The second kappa shape index (κ2) is 8.72. The molecular formula is C15H20N2O6. The SMILES string of the molecule is CCCC[C@H](NC(=O)c1c(OCC)cccc1[N+](=O)[O-])C(=O)O. The predicted octanol–water partition coefficient (Wildman–Crippen LogP) is 2.37. The molecule has 1 atom stereocenters. The van der Waals surface area contributed by atoms with E-state index in [-0.39, 0.29) is 24.3 Å². The second-order valence-electron chi connectivity index (χ2n) is 4.85. The molecule has 1 aromatic rings. The minimum Gasteiger partial charge on any atom is -0.493 e. The first-order valence-corrected chi connectivity index (χ1v) is 7.36. The third kappa shape index (κ3) is 4.94. The highest BCUT2D eigenvalue weighted by atomic mass is 16.6. The van der Waals surface area contributed by atoms with Crippen LogP contribution in [0, 0.1) is 10.1 Å². The highest BCUT2D eigenvalue weighted by molar-refractivity contribution is 6.02.